The van der Waals surface area contributed by atoms with Gasteiger partial charge < -0.3 is 14.7 Å². The minimum absolute atomic E-state index is 0.0581. The maximum atomic E-state index is 12.8. The highest BCUT2D eigenvalue weighted by Crippen LogP contribution is 2.48. The van der Waals surface area contributed by atoms with E-state index >= 15 is 0 Å². The third kappa shape index (κ3) is 3.38. The first-order valence-corrected chi connectivity index (χ1v) is 8.42. The minimum atomic E-state index is -4.48. The van der Waals surface area contributed by atoms with Crippen molar-refractivity contribution in [1.29, 1.82) is 0 Å². The Hall–Kier alpha value is -2.57. The molecular weight excluding hydrogens is 369 g/mol. The van der Waals surface area contributed by atoms with Crippen molar-refractivity contribution in [2.45, 2.75) is 6.18 Å². The number of benzene rings is 1. The van der Waals surface area contributed by atoms with Crippen molar-refractivity contribution >= 4 is 28.0 Å². The fraction of sp³-hybridized carbons (Fsp3) is 0.294. The van der Waals surface area contributed by atoms with Crippen molar-refractivity contribution in [3.05, 3.63) is 46.1 Å². The lowest BCUT2D eigenvalue weighted by Crippen LogP contribution is -2.35. The highest BCUT2D eigenvalue weighted by Gasteiger charge is 2.31. The zero-order valence-corrected chi connectivity index (χ0v) is 14.2. The quantitative estimate of drug-likeness (QED) is 0.793. The van der Waals surface area contributed by atoms with Gasteiger partial charge in [-0.05, 0) is 17.7 Å². The van der Waals surface area contributed by atoms with Gasteiger partial charge in [0.05, 0.1) is 30.4 Å². The maximum absolute atomic E-state index is 12.8. The summed E-state index contributed by atoms with van der Waals surface area (Å²) >= 11 is 0.965. The second-order valence-corrected chi connectivity index (χ2v) is 6.55. The average Bonchev–Trinajstić information content (AvgIpc) is 3.01. The molecule has 0 atom stereocenters. The number of carboxylic acid groups (broad SMARTS) is 1. The maximum Gasteiger partial charge on any atom is 0.416 e. The van der Waals surface area contributed by atoms with Crippen LogP contribution in [-0.4, -0.2) is 37.4 Å². The van der Waals surface area contributed by atoms with E-state index < -0.39 is 17.7 Å². The summed E-state index contributed by atoms with van der Waals surface area (Å²) in [6, 6.07) is 4.19. The molecule has 2 aromatic rings. The lowest BCUT2D eigenvalue weighted by molar-refractivity contribution is -0.137. The monoisotopic (exact) mass is 382 g/mol. The van der Waals surface area contributed by atoms with E-state index in [9.17, 15) is 23.1 Å². The first-order valence-electron chi connectivity index (χ1n) is 7.60. The standard InChI is InChI=1S/C17H13F3N2O3S/c1-21-13-12(10-2-4-11(5-3-10)17(18,19)20)14(16(23)24)26-15(13)22-6-8-25-9-7-22/h2-5H,6-9H2,(H,23,24). The van der Waals surface area contributed by atoms with Crippen molar-refractivity contribution < 1.29 is 27.8 Å². The Balaban J connectivity index is 2.12. The Morgan fingerprint density at radius 3 is 2.35 bits per heavy atom. The molecule has 3 rings (SSSR count). The number of rotatable bonds is 3. The fourth-order valence-corrected chi connectivity index (χ4v) is 3.89. The summed E-state index contributed by atoms with van der Waals surface area (Å²) in [6.07, 6.45) is -4.48. The molecule has 0 aliphatic carbocycles. The number of aromatic carboxylic acids is 1. The number of alkyl halides is 3. The van der Waals surface area contributed by atoms with Crippen LogP contribution in [0.1, 0.15) is 15.2 Å². The van der Waals surface area contributed by atoms with Gasteiger partial charge in [-0.25, -0.2) is 9.64 Å². The number of nitrogens with zero attached hydrogens (tertiary/aromatic N) is 2. The Labute approximate surface area is 151 Å². The van der Waals surface area contributed by atoms with Gasteiger partial charge in [0.15, 0.2) is 0 Å². The molecule has 1 aliphatic heterocycles. The molecule has 0 amide bonds. The lowest BCUT2D eigenvalue weighted by Gasteiger charge is -2.28. The molecule has 1 aromatic heterocycles. The second-order valence-electron chi connectivity index (χ2n) is 5.55. The molecule has 26 heavy (non-hydrogen) atoms. The third-order valence-electron chi connectivity index (χ3n) is 3.97. The molecule has 1 saturated heterocycles. The summed E-state index contributed by atoms with van der Waals surface area (Å²) in [4.78, 5) is 17.0. The van der Waals surface area contributed by atoms with Crippen LogP contribution in [-0.2, 0) is 10.9 Å². The molecule has 0 saturated carbocycles. The molecule has 136 valence electrons. The van der Waals surface area contributed by atoms with Crippen LogP contribution in [0.5, 0.6) is 0 Å². The van der Waals surface area contributed by atoms with Crippen LogP contribution >= 0.6 is 11.3 Å². The van der Waals surface area contributed by atoms with Gasteiger partial charge in [-0.2, -0.15) is 13.2 Å². The van der Waals surface area contributed by atoms with Gasteiger partial charge in [0.25, 0.3) is 0 Å². The third-order valence-corrected chi connectivity index (χ3v) is 5.20. The van der Waals surface area contributed by atoms with Gasteiger partial charge in [-0.1, -0.05) is 12.1 Å². The molecule has 5 nitrogen and oxygen atoms in total. The van der Waals surface area contributed by atoms with Crippen LogP contribution in [0.2, 0.25) is 0 Å². The smallest absolute Gasteiger partial charge is 0.416 e. The molecule has 0 bridgehead atoms. The Morgan fingerprint density at radius 2 is 1.85 bits per heavy atom. The first-order chi connectivity index (χ1) is 12.3. The number of morpholine rings is 1. The molecule has 1 aliphatic rings. The predicted molar refractivity (Wildman–Crippen MR) is 91.0 cm³/mol. The predicted octanol–water partition coefficient (Wildman–Crippen LogP) is 4.52. The van der Waals surface area contributed by atoms with Crippen LogP contribution in [0.3, 0.4) is 0 Å². The van der Waals surface area contributed by atoms with E-state index in [0.717, 1.165) is 23.5 Å². The van der Waals surface area contributed by atoms with Crippen molar-refractivity contribution in [3.8, 4) is 11.1 Å². The van der Waals surface area contributed by atoms with Crippen LogP contribution in [0, 0.1) is 6.57 Å². The average molecular weight is 382 g/mol. The van der Waals surface area contributed by atoms with Crippen LogP contribution in [0.4, 0.5) is 23.9 Å². The van der Waals surface area contributed by atoms with Crippen LogP contribution < -0.4 is 4.90 Å². The van der Waals surface area contributed by atoms with E-state index in [1.807, 2.05) is 4.90 Å². The van der Waals surface area contributed by atoms with E-state index in [-0.39, 0.29) is 21.7 Å². The van der Waals surface area contributed by atoms with Gasteiger partial charge in [-0.3, -0.25) is 0 Å². The molecule has 1 fully saturated rings. The summed E-state index contributed by atoms with van der Waals surface area (Å²) in [7, 11) is 0. The molecule has 9 heteroatoms. The number of carbonyl (C=O) groups is 1. The SMILES string of the molecule is [C-]#[N+]c1c(N2CCOCC2)sc(C(=O)O)c1-c1ccc(C(F)(F)F)cc1. The molecule has 0 spiro atoms. The van der Waals surface area contributed by atoms with Crippen molar-refractivity contribution in [2.24, 2.45) is 0 Å². The van der Waals surface area contributed by atoms with E-state index in [0.29, 0.717) is 31.3 Å². The number of ether oxygens (including phenoxy) is 1. The lowest BCUT2D eigenvalue weighted by atomic mass is 10.0. The molecule has 2 heterocycles. The van der Waals surface area contributed by atoms with E-state index in [2.05, 4.69) is 4.85 Å². The van der Waals surface area contributed by atoms with Gasteiger partial charge in [0, 0.05) is 18.7 Å². The number of hydrogen-bond acceptors (Lipinski definition) is 4. The molecule has 1 aromatic carbocycles. The van der Waals surface area contributed by atoms with E-state index in [1.165, 1.54) is 12.1 Å². The highest BCUT2D eigenvalue weighted by molar-refractivity contribution is 7.19. The van der Waals surface area contributed by atoms with Gasteiger partial charge in [0.2, 0.25) is 5.69 Å². The number of thiophene rings is 1. The summed E-state index contributed by atoms with van der Waals surface area (Å²) < 4.78 is 43.6. The first kappa shape index (κ1) is 18.2. The van der Waals surface area contributed by atoms with Gasteiger partial charge >= 0.3 is 12.1 Å². The molecular formula is C17H13F3N2O3S. The number of anilines is 1. The number of carboxylic acids is 1. The summed E-state index contributed by atoms with van der Waals surface area (Å²) in [5.74, 6) is -1.21. The molecule has 0 radical (unpaired) electrons. The molecule has 1 N–H and O–H groups in total. The fourth-order valence-electron chi connectivity index (χ4n) is 2.74. The van der Waals surface area contributed by atoms with Crippen molar-refractivity contribution in [1.82, 2.24) is 0 Å². The van der Waals surface area contributed by atoms with Gasteiger partial charge in [0.1, 0.15) is 4.88 Å². The zero-order valence-electron chi connectivity index (χ0n) is 13.3. The topological polar surface area (TPSA) is 54.1 Å². The summed E-state index contributed by atoms with van der Waals surface area (Å²) in [6.45, 7) is 9.47. The van der Waals surface area contributed by atoms with Crippen LogP contribution in [0.25, 0.3) is 16.0 Å². The second kappa shape index (κ2) is 6.97. The van der Waals surface area contributed by atoms with Gasteiger partial charge in [-0.15, -0.1) is 11.3 Å². The summed E-state index contributed by atoms with van der Waals surface area (Å²) in [5.41, 5.74) is -0.245. The van der Waals surface area contributed by atoms with Crippen molar-refractivity contribution in [2.75, 3.05) is 31.2 Å². The van der Waals surface area contributed by atoms with E-state index in [4.69, 9.17) is 11.3 Å². The Morgan fingerprint density at radius 1 is 1.23 bits per heavy atom. The minimum Gasteiger partial charge on any atom is -0.477 e. The number of hydrogen-bond donors (Lipinski definition) is 1. The van der Waals surface area contributed by atoms with E-state index in [1.54, 1.807) is 0 Å². The number of halogens is 3. The Kier molecular flexibility index (Phi) is 4.89. The highest BCUT2D eigenvalue weighted by atomic mass is 32.1. The zero-order chi connectivity index (χ0) is 18.9. The summed E-state index contributed by atoms with van der Waals surface area (Å²) in [5, 5.41) is 10.0. The Bertz CT molecular complexity index is 863. The van der Waals surface area contributed by atoms with Crippen LogP contribution in [0.15, 0.2) is 24.3 Å². The normalized spacial score (nSPS) is 14.9. The molecule has 0 unspecified atom stereocenters. The van der Waals surface area contributed by atoms with Crippen molar-refractivity contribution in [3.63, 3.8) is 0 Å². The largest absolute Gasteiger partial charge is 0.477 e.